The number of hydrogen-bond acceptors (Lipinski definition) is 7. The van der Waals surface area contributed by atoms with Crippen molar-refractivity contribution in [1.29, 1.82) is 0 Å². The molecule has 1 fully saturated rings. The number of fused-ring (bicyclic) bond motifs is 3. The number of piperidine rings is 1. The molecule has 11 heteroatoms. The molecular formula is C29H37ClN4O5S. The molecule has 9 nitrogen and oxygen atoms in total. The Balaban J connectivity index is 0.00000370. The minimum Gasteiger partial charge on any atom is -0.490 e. The Kier molecular flexibility index (Phi) is 9.81. The fraction of sp³-hybridized carbons (Fsp3) is 0.379. The van der Waals surface area contributed by atoms with Crippen molar-refractivity contribution in [3.8, 4) is 11.5 Å². The fourth-order valence-corrected chi connectivity index (χ4v) is 5.50. The van der Waals surface area contributed by atoms with E-state index in [1.54, 1.807) is 18.2 Å². The van der Waals surface area contributed by atoms with Gasteiger partial charge in [-0.25, -0.2) is 8.42 Å². The molecule has 0 spiro atoms. The molecule has 0 unspecified atom stereocenters. The Labute approximate surface area is 241 Å². The van der Waals surface area contributed by atoms with Gasteiger partial charge in [-0.15, -0.1) is 12.4 Å². The summed E-state index contributed by atoms with van der Waals surface area (Å²) < 4.78 is 37.4. The summed E-state index contributed by atoms with van der Waals surface area (Å²) in [4.78, 5) is 5.80. The number of aromatic amines is 1. The zero-order valence-electron chi connectivity index (χ0n) is 22.7. The van der Waals surface area contributed by atoms with Crippen molar-refractivity contribution >= 4 is 49.9 Å². The molecule has 0 aliphatic carbocycles. The summed E-state index contributed by atoms with van der Waals surface area (Å²) in [5, 5.41) is 15.6. The number of aromatic nitrogens is 1. The maximum absolute atomic E-state index is 11.4. The van der Waals surface area contributed by atoms with Crippen LogP contribution >= 0.6 is 12.4 Å². The molecule has 4 N–H and O–H groups in total. The molecule has 1 aliphatic rings. The minimum atomic E-state index is -3.32. The second kappa shape index (κ2) is 13.1. The monoisotopic (exact) mass is 588 g/mol. The van der Waals surface area contributed by atoms with Crippen molar-refractivity contribution in [2.45, 2.75) is 31.6 Å². The zero-order chi connectivity index (χ0) is 27.4. The van der Waals surface area contributed by atoms with E-state index in [1.807, 2.05) is 30.3 Å². The van der Waals surface area contributed by atoms with Crippen LogP contribution in [0, 0.1) is 0 Å². The predicted molar refractivity (Wildman–Crippen MR) is 162 cm³/mol. The van der Waals surface area contributed by atoms with E-state index in [2.05, 4.69) is 39.1 Å². The number of halogens is 1. The number of hydrogen-bond donors (Lipinski definition) is 4. The van der Waals surface area contributed by atoms with Crippen molar-refractivity contribution < 1.29 is 23.0 Å². The second-order valence-corrected chi connectivity index (χ2v) is 12.0. The van der Waals surface area contributed by atoms with Gasteiger partial charge in [-0.2, -0.15) is 0 Å². The Morgan fingerprint density at radius 2 is 1.70 bits per heavy atom. The lowest BCUT2D eigenvalue weighted by Gasteiger charge is -2.29. The number of anilines is 1. The van der Waals surface area contributed by atoms with Gasteiger partial charge >= 0.3 is 0 Å². The quantitative estimate of drug-likeness (QED) is 0.195. The van der Waals surface area contributed by atoms with Crippen LogP contribution in [0.25, 0.3) is 21.8 Å². The number of rotatable bonds is 11. The normalized spacial score (nSPS) is 15.6. The van der Waals surface area contributed by atoms with E-state index in [-0.39, 0.29) is 25.1 Å². The smallest absolute Gasteiger partial charge is 0.229 e. The Morgan fingerprint density at radius 3 is 2.40 bits per heavy atom. The third-order valence-electron chi connectivity index (χ3n) is 6.94. The first kappa shape index (κ1) is 30.0. The van der Waals surface area contributed by atoms with Gasteiger partial charge < -0.3 is 24.5 Å². The highest BCUT2D eigenvalue weighted by atomic mass is 35.5. The molecule has 3 aromatic carbocycles. The summed E-state index contributed by atoms with van der Waals surface area (Å²) in [5.41, 5.74) is 3.45. The highest BCUT2D eigenvalue weighted by Crippen LogP contribution is 2.31. The molecule has 0 bridgehead atoms. The van der Waals surface area contributed by atoms with Gasteiger partial charge in [0.15, 0.2) is 0 Å². The molecule has 0 radical (unpaired) electrons. The van der Waals surface area contributed by atoms with E-state index >= 15 is 0 Å². The van der Waals surface area contributed by atoms with Crippen LogP contribution in [0.2, 0.25) is 0 Å². The molecule has 0 saturated carbocycles. The Bertz CT molecular complexity index is 1540. The summed E-state index contributed by atoms with van der Waals surface area (Å²) in [6, 6.07) is 19.3. The van der Waals surface area contributed by atoms with E-state index in [4.69, 9.17) is 9.47 Å². The first-order valence-corrected chi connectivity index (χ1v) is 15.1. The van der Waals surface area contributed by atoms with Crippen molar-refractivity contribution in [2.24, 2.45) is 0 Å². The number of sulfonamides is 1. The Hall–Kier alpha value is -3.02. The van der Waals surface area contributed by atoms with Gasteiger partial charge in [0.1, 0.15) is 30.4 Å². The highest BCUT2D eigenvalue weighted by Gasteiger charge is 2.18. The summed E-state index contributed by atoms with van der Waals surface area (Å²) in [6.07, 6.45) is 3.24. The number of aliphatic hydroxyl groups is 1. The average Bonchev–Trinajstić information content (AvgIpc) is 3.25. The SMILES string of the molecule is CN1CCC(Oc2ccc3c(c2)[nH]c2cc(OC[C@@H](O)NCCc4cccc(NS(C)(=O)=O)c4)ccc23)CC1.Cl. The number of aliphatic hydroxyl groups excluding tert-OH is 1. The lowest BCUT2D eigenvalue weighted by atomic mass is 10.1. The van der Waals surface area contributed by atoms with E-state index in [9.17, 15) is 13.5 Å². The van der Waals surface area contributed by atoms with Gasteiger partial charge in [0.05, 0.1) is 17.3 Å². The van der Waals surface area contributed by atoms with Crippen LogP contribution < -0.4 is 19.5 Å². The van der Waals surface area contributed by atoms with Crippen LogP contribution in [-0.4, -0.2) is 75.3 Å². The van der Waals surface area contributed by atoms with Crippen molar-refractivity contribution in [2.75, 3.05) is 44.3 Å². The van der Waals surface area contributed by atoms with Crippen molar-refractivity contribution in [3.63, 3.8) is 0 Å². The van der Waals surface area contributed by atoms with Gasteiger partial charge in [-0.1, -0.05) is 12.1 Å². The van der Waals surface area contributed by atoms with Crippen molar-refractivity contribution in [3.05, 3.63) is 66.2 Å². The molecule has 1 atom stereocenters. The lowest BCUT2D eigenvalue weighted by molar-refractivity contribution is 0.0796. The van der Waals surface area contributed by atoms with Gasteiger partial charge in [-0.05, 0) is 68.3 Å². The number of nitrogens with one attached hydrogen (secondary N) is 3. The van der Waals surface area contributed by atoms with Crippen LogP contribution in [0.5, 0.6) is 11.5 Å². The molecule has 4 aromatic rings. The molecule has 1 aromatic heterocycles. The molecule has 216 valence electrons. The summed E-state index contributed by atoms with van der Waals surface area (Å²) >= 11 is 0. The molecule has 1 saturated heterocycles. The zero-order valence-corrected chi connectivity index (χ0v) is 24.4. The number of likely N-dealkylation sites (tertiary alicyclic amines) is 1. The molecule has 40 heavy (non-hydrogen) atoms. The van der Waals surface area contributed by atoms with Crippen LogP contribution in [-0.2, 0) is 16.4 Å². The van der Waals surface area contributed by atoms with Gasteiger partial charge in [-0.3, -0.25) is 10.0 Å². The largest absolute Gasteiger partial charge is 0.490 e. The van der Waals surface area contributed by atoms with Gasteiger partial charge in [0.25, 0.3) is 0 Å². The maximum atomic E-state index is 11.4. The highest BCUT2D eigenvalue weighted by molar-refractivity contribution is 7.92. The summed E-state index contributed by atoms with van der Waals surface area (Å²) in [5.74, 6) is 1.55. The van der Waals surface area contributed by atoms with E-state index in [0.29, 0.717) is 24.4 Å². The standard InChI is InChI=1S/C29H36N4O5S.ClH/c1-33-14-11-22(12-15-33)38-24-7-9-26-25-8-6-23(17-27(25)31-28(26)18-24)37-19-29(34)30-13-10-20-4-3-5-21(16-20)32-39(2,35)36;/h3-9,16-18,22,29-32,34H,10-15,19H2,1-2H3;1H/t29-;/m1./s1. The molecule has 5 rings (SSSR count). The Morgan fingerprint density at radius 1 is 1.02 bits per heavy atom. The third-order valence-corrected chi connectivity index (χ3v) is 7.55. The topological polar surface area (TPSA) is 116 Å². The second-order valence-electron chi connectivity index (χ2n) is 10.3. The van der Waals surface area contributed by atoms with Crippen LogP contribution in [0.3, 0.4) is 0 Å². The maximum Gasteiger partial charge on any atom is 0.229 e. The van der Waals surface area contributed by atoms with Crippen LogP contribution in [0.1, 0.15) is 18.4 Å². The molecule has 1 aliphatic heterocycles. The first-order chi connectivity index (χ1) is 18.7. The summed E-state index contributed by atoms with van der Waals surface area (Å²) in [7, 11) is -1.18. The van der Waals surface area contributed by atoms with E-state index in [0.717, 1.165) is 65.3 Å². The van der Waals surface area contributed by atoms with Crippen LogP contribution in [0.15, 0.2) is 60.7 Å². The fourth-order valence-electron chi connectivity index (χ4n) is 4.95. The average molecular weight is 589 g/mol. The van der Waals surface area contributed by atoms with Gasteiger partial charge in [0, 0.05) is 48.2 Å². The minimum absolute atomic E-state index is 0. The molecule has 0 amide bonds. The van der Waals surface area contributed by atoms with Gasteiger partial charge in [0.2, 0.25) is 10.0 Å². The third kappa shape index (κ3) is 8.02. The lowest BCUT2D eigenvalue weighted by Crippen LogP contribution is -2.35. The van der Waals surface area contributed by atoms with Crippen LogP contribution in [0.4, 0.5) is 5.69 Å². The van der Waals surface area contributed by atoms with E-state index < -0.39 is 16.3 Å². The number of ether oxygens (including phenoxy) is 2. The first-order valence-electron chi connectivity index (χ1n) is 13.2. The number of H-pyrrole nitrogens is 1. The number of benzene rings is 3. The molecule has 2 heterocycles. The summed E-state index contributed by atoms with van der Waals surface area (Å²) in [6.45, 7) is 2.72. The molecular weight excluding hydrogens is 552 g/mol. The predicted octanol–water partition coefficient (Wildman–Crippen LogP) is 4.12. The van der Waals surface area contributed by atoms with Crippen molar-refractivity contribution in [1.82, 2.24) is 15.2 Å². The van der Waals surface area contributed by atoms with E-state index in [1.165, 1.54) is 0 Å². The number of nitrogens with zero attached hydrogens (tertiary/aromatic N) is 1.